The number of rotatable bonds is 2. The molecule has 2 unspecified atom stereocenters. The van der Waals surface area contributed by atoms with E-state index in [2.05, 4.69) is 40.2 Å². The molecular weight excluding hydrogens is 284 g/mol. The number of benzene rings is 1. The van der Waals surface area contributed by atoms with Gasteiger partial charge in [0.2, 0.25) is 0 Å². The van der Waals surface area contributed by atoms with Crippen LogP contribution < -0.4 is 0 Å². The predicted molar refractivity (Wildman–Crippen MR) is 72.9 cm³/mol. The van der Waals surface area contributed by atoms with Crippen LogP contribution in [0, 0.1) is 0 Å². The fourth-order valence-corrected chi connectivity index (χ4v) is 3.56. The number of hydrogen-bond donors (Lipinski definition) is 1. The minimum atomic E-state index is -0.129. The number of hydrogen-bond acceptors (Lipinski definition) is 2. The van der Waals surface area contributed by atoms with Gasteiger partial charge in [-0.25, -0.2) is 0 Å². The lowest BCUT2D eigenvalue weighted by Crippen LogP contribution is -2.21. The first-order valence-corrected chi connectivity index (χ1v) is 7.53. The summed E-state index contributed by atoms with van der Waals surface area (Å²) in [7, 11) is 0. The molecule has 1 aliphatic rings. The monoisotopic (exact) mass is 300 g/mol. The zero-order chi connectivity index (χ0) is 11.4. The molecular formula is C13H17BrOS. The van der Waals surface area contributed by atoms with Crippen LogP contribution in [-0.4, -0.2) is 16.5 Å². The predicted octanol–water partition coefficient (Wildman–Crippen LogP) is 4.23. The first kappa shape index (κ1) is 12.5. The van der Waals surface area contributed by atoms with Gasteiger partial charge < -0.3 is 5.11 Å². The van der Waals surface area contributed by atoms with Crippen LogP contribution in [0.3, 0.4) is 0 Å². The molecule has 1 aromatic rings. The summed E-state index contributed by atoms with van der Waals surface area (Å²) in [5.74, 6) is 0. The summed E-state index contributed by atoms with van der Waals surface area (Å²) in [4.78, 5) is 1.26. The summed E-state index contributed by atoms with van der Waals surface area (Å²) in [6, 6.07) is 8.36. The molecule has 1 aliphatic carbocycles. The Hall–Kier alpha value is 0.01000. The van der Waals surface area contributed by atoms with E-state index in [-0.39, 0.29) is 6.10 Å². The Morgan fingerprint density at radius 1 is 1.06 bits per heavy atom. The lowest BCUT2D eigenvalue weighted by Gasteiger charge is -2.19. The molecule has 2 rings (SSSR count). The molecule has 1 nitrogen and oxygen atoms in total. The van der Waals surface area contributed by atoms with Gasteiger partial charge in [0, 0.05) is 14.6 Å². The van der Waals surface area contributed by atoms with Crippen LogP contribution in [0.25, 0.3) is 0 Å². The van der Waals surface area contributed by atoms with E-state index in [1.807, 2.05) is 11.8 Å². The Morgan fingerprint density at radius 3 is 2.50 bits per heavy atom. The molecule has 16 heavy (non-hydrogen) atoms. The number of thioether (sulfide) groups is 1. The standard InChI is InChI=1S/C13H17BrOS/c14-10-6-8-11(9-7-10)16-13-5-3-1-2-4-12(13)15/h6-9,12-13,15H,1-5H2. The first-order valence-electron chi connectivity index (χ1n) is 5.86. The second kappa shape index (κ2) is 6.08. The largest absolute Gasteiger partial charge is 0.392 e. The third kappa shape index (κ3) is 3.51. The molecule has 0 amide bonds. The number of aliphatic hydroxyl groups excluding tert-OH is 1. The molecule has 0 heterocycles. The van der Waals surface area contributed by atoms with E-state index >= 15 is 0 Å². The molecule has 1 saturated carbocycles. The van der Waals surface area contributed by atoms with E-state index < -0.39 is 0 Å². The van der Waals surface area contributed by atoms with Crippen LogP contribution in [0.2, 0.25) is 0 Å². The van der Waals surface area contributed by atoms with E-state index in [9.17, 15) is 5.11 Å². The smallest absolute Gasteiger partial charge is 0.0662 e. The second-order valence-corrected chi connectivity index (χ2v) is 6.54. The molecule has 3 heteroatoms. The van der Waals surface area contributed by atoms with Gasteiger partial charge >= 0.3 is 0 Å². The van der Waals surface area contributed by atoms with Crippen molar-refractivity contribution in [2.24, 2.45) is 0 Å². The van der Waals surface area contributed by atoms with Crippen molar-refractivity contribution in [2.75, 3.05) is 0 Å². The van der Waals surface area contributed by atoms with Crippen molar-refractivity contribution in [3.63, 3.8) is 0 Å². The van der Waals surface area contributed by atoms with Gasteiger partial charge in [-0.3, -0.25) is 0 Å². The van der Waals surface area contributed by atoms with Crippen LogP contribution in [0.1, 0.15) is 32.1 Å². The molecule has 2 atom stereocenters. The Bertz CT molecular complexity index is 325. The molecule has 0 aliphatic heterocycles. The summed E-state index contributed by atoms with van der Waals surface area (Å²) in [6.07, 6.45) is 5.69. The minimum absolute atomic E-state index is 0.129. The van der Waals surface area contributed by atoms with Gasteiger partial charge in [0.1, 0.15) is 0 Å². The SMILES string of the molecule is OC1CCCCCC1Sc1ccc(Br)cc1. The zero-order valence-corrected chi connectivity index (χ0v) is 11.6. The molecule has 0 saturated heterocycles. The van der Waals surface area contributed by atoms with Crippen molar-refractivity contribution in [1.29, 1.82) is 0 Å². The van der Waals surface area contributed by atoms with Crippen molar-refractivity contribution in [3.05, 3.63) is 28.7 Å². The fourth-order valence-electron chi connectivity index (χ4n) is 2.08. The fraction of sp³-hybridized carbons (Fsp3) is 0.538. The highest BCUT2D eigenvalue weighted by Crippen LogP contribution is 2.33. The normalized spacial score (nSPS) is 26.4. The van der Waals surface area contributed by atoms with Gasteiger partial charge in [0.05, 0.1) is 6.10 Å². The van der Waals surface area contributed by atoms with Crippen molar-refractivity contribution < 1.29 is 5.11 Å². The second-order valence-electron chi connectivity index (χ2n) is 4.32. The Morgan fingerprint density at radius 2 is 1.75 bits per heavy atom. The Labute approximate surface area is 110 Å². The van der Waals surface area contributed by atoms with Gasteiger partial charge in [0.25, 0.3) is 0 Å². The molecule has 0 radical (unpaired) electrons. The summed E-state index contributed by atoms with van der Waals surface area (Å²) < 4.78 is 1.11. The summed E-state index contributed by atoms with van der Waals surface area (Å²) >= 11 is 5.26. The number of aliphatic hydroxyl groups is 1. The molecule has 1 fully saturated rings. The van der Waals surface area contributed by atoms with Gasteiger partial charge in [0.15, 0.2) is 0 Å². The molecule has 1 N–H and O–H groups in total. The Balaban J connectivity index is 1.99. The van der Waals surface area contributed by atoms with Crippen LogP contribution in [-0.2, 0) is 0 Å². The molecule has 0 bridgehead atoms. The van der Waals surface area contributed by atoms with E-state index in [0.717, 1.165) is 17.3 Å². The van der Waals surface area contributed by atoms with Crippen molar-refractivity contribution in [1.82, 2.24) is 0 Å². The van der Waals surface area contributed by atoms with Gasteiger partial charge in [-0.1, -0.05) is 35.2 Å². The highest BCUT2D eigenvalue weighted by Gasteiger charge is 2.22. The molecule has 0 spiro atoms. The van der Waals surface area contributed by atoms with E-state index in [0.29, 0.717) is 5.25 Å². The lowest BCUT2D eigenvalue weighted by atomic mass is 10.1. The molecule has 0 aromatic heterocycles. The molecule has 88 valence electrons. The summed E-state index contributed by atoms with van der Waals surface area (Å²) in [5.41, 5.74) is 0. The highest BCUT2D eigenvalue weighted by atomic mass is 79.9. The van der Waals surface area contributed by atoms with Crippen LogP contribution in [0.5, 0.6) is 0 Å². The van der Waals surface area contributed by atoms with Crippen LogP contribution >= 0.6 is 27.7 Å². The average molecular weight is 301 g/mol. The lowest BCUT2D eigenvalue weighted by molar-refractivity contribution is 0.163. The van der Waals surface area contributed by atoms with Crippen molar-refractivity contribution >= 4 is 27.7 Å². The highest BCUT2D eigenvalue weighted by molar-refractivity contribution is 9.10. The van der Waals surface area contributed by atoms with Gasteiger partial charge in [-0.2, -0.15) is 0 Å². The van der Waals surface area contributed by atoms with E-state index in [1.165, 1.54) is 24.2 Å². The van der Waals surface area contributed by atoms with E-state index in [4.69, 9.17) is 0 Å². The number of halogens is 1. The van der Waals surface area contributed by atoms with Crippen molar-refractivity contribution in [2.45, 2.75) is 48.4 Å². The van der Waals surface area contributed by atoms with Gasteiger partial charge in [-0.05, 0) is 37.1 Å². The maximum atomic E-state index is 10.0. The average Bonchev–Trinajstić information content (AvgIpc) is 2.48. The Kier molecular flexibility index (Phi) is 4.74. The maximum Gasteiger partial charge on any atom is 0.0662 e. The summed E-state index contributed by atoms with van der Waals surface area (Å²) in [5, 5.41) is 10.4. The third-order valence-corrected chi connectivity index (χ3v) is 4.94. The minimum Gasteiger partial charge on any atom is -0.392 e. The van der Waals surface area contributed by atoms with Crippen LogP contribution in [0.4, 0.5) is 0 Å². The topological polar surface area (TPSA) is 20.2 Å². The van der Waals surface area contributed by atoms with Crippen molar-refractivity contribution in [3.8, 4) is 0 Å². The third-order valence-electron chi connectivity index (χ3n) is 3.02. The quantitative estimate of drug-likeness (QED) is 0.825. The maximum absolute atomic E-state index is 10.0. The zero-order valence-electron chi connectivity index (χ0n) is 9.23. The first-order chi connectivity index (χ1) is 7.75. The molecule has 1 aromatic carbocycles. The van der Waals surface area contributed by atoms with E-state index in [1.54, 1.807) is 0 Å². The van der Waals surface area contributed by atoms with Crippen LogP contribution in [0.15, 0.2) is 33.6 Å². The summed E-state index contributed by atoms with van der Waals surface area (Å²) in [6.45, 7) is 0. The van der Waals surface area contributed by atoms with Gasteiger partial charge in [-0.15, -0.1) is 11.8 Å².